The van der Waals surface area contributed by atoms with Crippen LogP contribution in [0.5, 0.6) is 0 Å². The summed E-state index contributed by atoms with van der Waals surface area (Å²) in [6.07, 6.45) is 4.35. The van der Waals surface area contributed by atoms with Gasteiger partial charge in [0.05, 0.1) is 29.0 Å². The Kier molecular flexibility index (Phi) is 4.62. The van der Waals surface area contributed by atoms with Crippen LogP contribution in [0.4, 0.5) is 4.39 Å². The summed E-state index contributed by atoms with van der Waals surface area (Å²) in [7, 11) is 1.85. The van der Waals surface area contributed by atoms with Crippen molar-refractivity contribution in [1.82, 2.24) is 24.6 Å². The molecule has 160 valence electrons. The Morgan fingerprint density at radius 3 is 2.74 bits per heavy atom. The number of nitrogens with one attached hydrogen (secondary N) is 1. The van der Waals surface area contributed by atoms with E-state index in [1.54, 1.807) is 32.8 Å². The maximum Gasteiger partial charge on any atom is 0.270 e. The minimum atomic E-state index is -0.469. The number of aryl methyl sites for hydroxylation is 1. The molecule has 0 fully saturated rings. The van der Waals surface area contributed by atoms with E-state index in [1.165, 1.54) is 6.92 Å². The van der Waals surface area contributed by atoms with Gasteiger partial charge >= 0.3 is 0 Å². The molecule has 7 nitrogen and oxygen atoms in total. The van der Waals surface area contributed by atoms with Crippen molar-refractivity contribution in [3.8, 4) is 0 Å². The maximum absolute atomic E-state index is 15.5. The number of H-pyrrole nitrogens is 1. The predicted molar refractivity (Wildman–Crippen MR) is 115 cm³/mol. The van der Waals surface area contributed by atoms with Crippen molar-refractivity contribution in [3.05, 3.63) is 57.8 Å². The van der Waals surface area contributed by atoms with E-state index in [0.29, 0.717) is 54.1 Å². The van der Waals surface area contributed by atoms with E-state index in [1.807, 2.05) is 13.1 Å². The van der Waals surface area contributed by atoms with Gasteiger partial charge in [-0.15, -0.1) is 0 Å². The number of carbonyl (C=O) groups is 2. The third-order valence-electron chi connectivity index (χ3n) is 6.11. The second kappa shape index (κ2) is 7.23. The van der Waals surface area contributed by atoms with E-state index < -0.39 is 5.82 Å². The van der Waals surface area contributed by atoms with E-state index >= 15 is 4.39 Å². The lowest BCUT2D eigenvalue weighted by Crippen LogP contribution is -2.33. The molecular weight excluding hydrogens is 421 g/mol. The maximum atomic E-state index is 15.5. The molecule has 2 amide bonds. The number of amides is 2. The van der Waals surface area contributed by atoms with Crippen molar-refractivity contribution in [2.24, 2.45) is 7.05 Å². The minimum absolute atomic E-state index is 0.0484. The summed E-state index contributed by atoms with van der Waals surface area (Å²) in [5.74, 6) is -0.735. The molecule has 31 heavy (non-hydrogen) atoms. The van der Waals surface area contributed by atoms with Crippen LogP contribution in [0.3, 0.4) is 0 Å². The Morgan fingerprint density at radius 1 is 1.19 bits per heavy atom. The van der Waals surface area contributed by atoms with Gasteiger partial charge in [0.1, 0.15) is 5.69 Å². The molecule has 2 aliphatic rings. The van der Waals surface area contributed by atoms with Crippen LogP contribution in [0, 0.1) is 5.82 Å². The van der Waals surface area contributed by atoms with Crippen LogP contribution in [0.1, 0.15) is 40.7 Å². The molecule has 5 rings (SSSR count). The Bertz CT molecular complexity index is 1270. The van der Waals surface area contributed by atoms with E-state index in [4.69, 9.17) is 11.6 Å². The molecule has 0 unspecified atom stereocenters. The van der Waals surface area contributed by atoms with Crippen molar-refractivity contribution < 1.29 is 14.0 Å². The van der Waals surface area contributed by atoms with Crippen LogP contribution in [0.25, 0.3) is 16.5 Å². The summed E-state index contributed by atoms with van der Waals surface area (Å²) in [4.78, 5) is 31.1. The molecule has 0 atom stereocenters. The van der Waals surface area contributed by atoms with Crippen LogP contribution in [-0.2, 0) is 24.9 Å². The molecule has 0 saturated carbocycles. The van der Waals surface area contributed by atoms with Crippen molar-refractivity contribution in [3.63, 3.8) is 0 Å². The van der Waals surface area contributed by atoms with Crippen LogP contribution in [0.2, 0.25) is 5.02 Å². The predicted octanol–water partition coefficient (Wildman–Crippen LogP) is 3.49. The van der Waals surface area contributed by atoms with Crippen LogP contribution >= 0.6 is 11.6 Å². The number of fused-ring (bicyclic) bond motifs is 2. The topological polar surface area (TPSA) is 74.2 Å². The summed E-state index contributed by atoms with van der Waals surface area (Å²) in [6, 6.07) is 3.18. The van der Waals surface area contributed by atoms with E-state index in [-0.39, 0.29) is 23.0 Å². The molecule has 3 aromatic rings. The normalized spacial score (nSPS) is 16.1. The van der Waals surface area contributed by atoms with Gasteiger partial charge in [-0.1, -0.05) is 17.7 Å². The number of rotatable bonds is 2. The summed E-state index contributed by atoms with van der Waals surface area (Å²) in [5.41, 5.74) is 3.56. The standard InChI is InChI=1S/C22H21ClFN5O2/c1-12(30)28-5-3-4-13(9-28)15-6-17(23)16-7-18(26-21(16)20(15)24)22(31)29-10-14-8-25-27(2)19(14)11-29/h4,6-8,26H,3,5,9-11H2,1-2H3. The number of hydrogen-bond acceptors (Lipinski definition) is 3. The lowest BCUT2D eigenvalue weighted by Gasteiger charge is -2.26. The minimum Gasteiger partial charge on any atom is -0.348 e. The molecule has 0 radical (unpaired) electrons. The molecule has 0 spiro atoms. The van der Waals surface area contributed by atoms with Gasteiger partial charge in [0, 0.05) is 50.1 Å². The van der Waals surface area contributed by atoms with E-state index in [9.17, 15) is 9.59 Å². The summed E-state index contributed by atoms with van der Waals surface area (Å²) < 4.78 is 17.2. The van der Waals surface area contributed by atoms with Crippen molar-refractivity contribution in [2.75, 3.05) is 13.1 Å². The average Bonchev–Trinajstić information content (AvgIpc) is 3.46. The number of hydrogen-bond donors (Lipinski definition) is 1. The zero-order chi connectivity index (χ0) is 21.9. The van der Waals surface area contributed by atoms with Crippen molar-refractivity contribution in [2.45, 2.75) is 26.4 Å². The van der Waals surface area contributed by atoms with Crippen LogP contribution in [-0.4, -0.2) is 49.5 Å². The number of nitrogens with zero attached hydrogens (tertiary/aromatic N) is 4. The monoisotopic (exact) mass is 441 g/mol. The highest BCUT2D eigenvalue weighted by Crippen LogP contribution is 2.34. The van der Waals surface area contributed by atoms with Crippen LogP contribution < -0.4 is 0 Å². The molecule has 2 aromatic heterocycles. The first-order valence-electron chi connectivity index (χ1n) is 10.1. The van der Waals surface area contributed by atoms with Crippen molar-refractivity contribution in [1.29, 1.82) is 0 Å². The Hall–Kier alpha value is -3.13. The highest BCUT2D eigenvalue weighted by atomic mass is 35.5. The average molecular weight is 442 g/mol. The van der Waals surface area contributed by atoms with Gasteiger partial charge in [0.2, 0.25) is 5.91 Å². The molecule has 0 bridgehead atoms. The van der Waals surface area contributed by atoms with E-state index in [0.717, 1.165) is 11.3 Å². The molecule has 1 N–H and O–H groups in total. The first-order valence-corrected chi connectivity index (χ1v) is 10.5. The number of aromatic amines is 1. The second-order valence-electron chi connectivity index (χ2n) is 8.05. The summed E-state index contributed by atoms with van der Waals surface area (Å²) in [5, 5.41) is 5.03. The van der Waals surface area contributed by atoms with Gasteiger partial charge in [0.25, 0.3) is 5.91 Å². The molecule has 0 aliphatic carbocycles. The number of aromatic nitrogens is 3. The number of carbonyl (C=O) groups excluding carboxylic acids is 2. The second-order valence-corrected chi connectivity index (χ2v) is 8.46. The van der Waals surface area contributed by atoms with Gasteiger partial charge in [-0.3, -0.25) is 14.3 Å². The largest absolute Gasteiger partial charge is 0.348 e. The molecule has 2 aliphatic heterocycles. The molecular formula is C22H21ClFN5O2. The first kappa shape index (κ1) is 19.8. The molecule has 4 heterocycles. The molecule has 0 saturated heterocycles. The third kappa shape index (κ3) is 3.22. The molecule has 9 heteroatoms. The highest BCUT2D eigenvalue weighted by molar-refractivity contribution is 6.36. The third-order valence-corrected chi connectivity index (χ3v) is 6.42. The number of benzene rings is 1. The van der Waals surface area contributed by atoms with Gasteiger partial charge in [-0.05, 0) is 24.1 Å². The van der Waals surface area contributed by atoms with E-state index in [2.05, 4.69) is 10.1 Å². The fourth-order valence-corrected chi connectivity index (χ4v) is 4.63. The Morgan fingerprint density at radius 2 is 2.00 bits per heavy atom. The summed E-state index contributed by atoms with van der Waals surface area (Å²) >= 11 is 6.48. The van der Waals surface area contributed by atoms with Crippen LogP contribution in [0.15, 0.2) is 24.4 Å². The SMILES string of the molecule is CC(=O)N1CCC=C(c2cc(Cl)c3cc(C(=O)N4Cc5cnn(C)c5C4)[nH]c3c2F)C1. The Labute approximate surface area is 183 Å². The quantitative estimate of drug-likeness (QED) is 0.661. The zero-order valence-electron chi connectivity index (χ0n) is 17.2. The highest BCUT2D eigenvalue weighted by Gasteiger charge is 2.29. The zero-order valence-corrected chi connectivity index (χ0v) is 18.0. The van der Waals surface area contributed by atoms with Gasteiger partial charge in [-0.2, -0.15) is 5.10 Å². The smallest absolute Gasteiger partial charge is 0.270 e. The van der Waals surface area contributed by atoms with Gasteiger partial charge in [-0.25, -0.2) is 4.39 Å². The Balaban J connectivity index is 1.48. The van der Waals surface area contributed by atoms with Crippen molar-refractivity contribution >= 4 is 39.9 Å². The number of halogens is 2. The first-order chi connectivity index (χ1) is 14.8. The van der Waals surface area contributed by atoms with Gasteiger partial charge in [0.15, 0.2) is 5.82 Å². The molecule has 1 aromatic carbocycles. The lowest BCUT2D eigenvalue weighted by molar-refractivity contribution is -0.128. The lowest BCUT2D eigenvalue weighted by atomic mass is 9.99. The summed E-state index contributed by atoms with van der Waals surface area (Å²) in [6.45, 7) is 3.37. The fourth-order valence-electron chi connectivity index (χ4n) is 4.38. The fraction of sp³-hybridized carbons (Fsp3) is 0.318. The van der Waals surface area contributed by atoms with Gasteiger partial charge < -0.3 is 14.8 Å².